The van der Waals surface area contributed by atoms with E-state index in [2.05, 4.69) is 20.5 Å². The van der Waals surface area contributed by atoms with Crippen molar-refractivity contribution in [3.8, 4) is 28.6 Å². The number of hydrogen-bond donors (Lipinski definition) is 2. The van der Waals surface area contributed by atoms with Crippen molar-refractivity contribution in [2.45, 2.75) is 46.2 Å². The number of carbonyl (C=O) groups is 1. The second-order valence-corrected chi connectivity index (χ2v) is 8.98. The van der Waals surface area contributed by atoms with Crippen LogP contribution in [0.3, 0.4) is 0 Å². The number of carbonyl (C=O) groups excluding carboxylic acids is 1. The van der Waals surface area contributed by atoms with Crippen LogP contribution in [0, 0.1) is 0 Å². The molecule has 2 N–H and O–H groups in total. The minimum absolute atomic E-state index is 0.00699. The third kappa shape index (κ3) is 5.03. The maximum Gasteiger partial charge on any atom is 0.289 e. The van der Waals surface area contributed by atoms with Gasteiger partial charge in [-0.3, -0.25) is 9.36 Å². The second kappa shape index (κ2) is 10.0. The molecule has 0 saturated carbocycles. The molecule has 4 rings (SSSR count). The summed E-state index contributed by atoms with van der Waals surface area (Å²) in [4.78, 5) is 17.1. The average molecular weight is 475 g/mol. The van der Waals surface area contributed by atoms with E-state index in [1.807, 2.05) is 68.8 Å². The highest BCUT2D eigenvalue weighted by atomic mass is 16.5. The topological polar surface area (TPSA) is 107 Å². The van der Waals surface area contributed by atoms with Crippen LogP contribution in [0.2, 0.25) is 0 Å². The molecule has 182 valence electrons. The Morgan fingerprint density at radius 1 is 1.11 bits per heavy atom. The molecule has 0 aliphatic rings. The first-order chi connectivity index (χ1) is 16.8. The van der Waals surface area contributed by atoms with E-state index in [1.165, 1.54) is 0 Å². The summed E-state index contributed by atoms with van der Waals surface area (Å²) >= 11 is 0. The van der Waals surface area contributed by atoms with Gasteiger partial charge in [0.05, 0.1) is 19.0 Å². The molecule has 1 amide bonds. The van der Waals surface area contributed by atoms with Crippen LogP contribution in [0.25, 0.3) is 17.1 Å². The van der Waals surface area contributed by atoms with Crippen LogP contribution >= 0.6 is 0 Å². The van der Waals surface area contributed by atoms with Crippen LogP contribution in [0.5, 0.6) is 11.5 Å². The molecule has 4 aromatic rings. The van der Waals surface area contributed by atoms with E-state index in [0.29, 0.717) is 29.4 Å². The predicted molar refractivity (Wildman–Crippen MR) is 133 cm³/mol. The van der Waals surface area contributed by atoms with Gasteiger partial charge in [0, 0.05) is 36.7 Å². The summed E-state index contributed by atoms with van der Waals surface area (Å²) in [6, 6.07) is 11.1. The number of benzene rings is 2. The zero-order valence-corrected chi connectivity index (χ0v) is 20.6. The quantitative estimate of drug-likeness (QED) is 0.397. The van der Waals surface area contributed by atoms with Gasteiger partial charge in [0.15, 0.2) is 5.82 Å². The van der Waals surface area contributed by atoms with Gasteiger partial charge in [0.25, 0.3) is 5.91 Å². The van der Waals surface area contributed by atoms with Crippen molar-refractivity contribution < 1.29 is 14.6 Å². The van der Waals surface area contributed by atoms with Gasteiger partial charge in [0.1, 0.15) is 11.5 Å². The number of nitrogens with one attached hydrogen (secondary N) is 1. The molecule has 0 unspecified atom stereocenters. The Kier molecular flexibility index (Phi) is 6.86. The Balaban J connectivity index is 1.83. The molecular formula is C26H30N6O3. The van der Waals surface area contributed by atoms with Gasteiger partial charge in [-0.2, -0.15) is 0 Å². The number of imidazole rings is 1. The highest BCUT2D eigenvalue weighted by molar-refractivity contribution is 5.92. The van der Waals surface area contributed by atoms with E-state index in [4.69, 9.17) is 4.74 Å². The molecule has 0 radical (unpaired) electrons. The lowest BCUT2D eigenvalue weighted by Crippen LogP contribution is -2.32. The van der Waals surface area contributed by atoms with E-state index in [0.717, 1.165) is 11.1 Å². The number of ether oxygens (including phenoxy) is 1. The maximum absolute atomic E-state index is 13.0. The lowest BCUT2D eigenvalue weighted by molar-refractivity contribution is 0.0930. The first kappa shape index (κ1) is 24.0. The molecule has 0 bridgehead atoms. The molecule has 0 saturated heterocycles. The molecule has 0 atom stereocenters. The first-order valence-corrected chi connectivity index (χ1v) is 11.5. The van der Waals surface area contributed by atoms with E-state index in [-0.39, 0.29) is 29.4 Å². The van der Waals surface area contributed by atoms with Crippen LogP contribution in [0.1, 0.15) is 55.4 Å². The van der Waals surface area contributed by atoms with Crippen molar-refractivity contribution in [2.75, 3.05) is 7.11 Å². The number of aromatic nitrogens is 5. The largest absolute Gasteiger partial charge is 0.507 e. The number of rotatable bonds is 8. The van der Waals surface area contributed by atoms with Crippen molar-refractivity contribution in [1.82, 2.24) is 29.6 Å². The Morgan fingerprint density at radius 3 is 2.46 bits per heavy atom. The summed E-state index contributed by atoms with van der Waals surface area (Å²) in [5.74, 6) is 0.882. The number of amides is 1. The van der Waals surface area contributed by atoms with E-state index < -0.39 is 0 Å². The van der Waals surface area contributed by atoms with Crippen LogP contribution in [0.4, 0.5) is 0 Å². The molecule has 9 nitrogen and oxygen atoms in total. The maximum atomic E-state index is 13.0. The van der Waals surface area contributed by atoms with Crippen LogP contribution < -0.4 is 10.1 Å². The highest BCUT2D eigenvalue weighted by Crippen LogP contribution is 2.38. The third-order valence-corrected chi connectivity index (χ3v) is 5.62. The van der Waals surface area contributed by atoms with Gasteiger partial charge in [-0.1, -0.05) is 26.0 Å². The molecule has 0 fully saturated rings. The number of hydrogen-bond acceptors (Lipinski definition) is 6. The fraction of sp³-hybridized carbons (Fsp3) is 0.308. The van der Waals surface area contributed by atoms with Crippen LogP contribution in [-0.2, 0) is 6.54 Å². The van der Waals surface area contributed by atoms with Crippen molar-refractivity contribution in [2.24, 2.45) is 0 Å². The molecule has 0 aliphatic carbocycles. The van der Waals surface area contributed by atoms with Gasteiger partial charge in [-0.25, -0.2) is 4.98 Å². The molecule has 2 aromatic carbocycles. The number of methoxy groups -OCH3 is 1. The van der Waals surface area contributed by atoms with Crippen molar-refractivity contribution in [1.29, 1.82) is 0 Å². The first-order valence-electron chi connectivity index (χ1n) is 11.5. The molecule has 35 heavy (non-hydrogen) atoms. The summed E-state index contributed by atoms with van der Waals surface area (Å²) in [6.45, 7) is 8.53. The summed E-state index contributed by atoms with van der Waals surface area (Å²) in [6.07, 6.45) is 5.40. The fourth-order valence-electron chi connectivity index (χ4n) is 3.91. The van der Waals surface area contributed by atoms with Crippen LogP contribution in [-0.4, -0.2) is 48.5 Å². The Hall–Kier alpha value is -4.14. The number of phenolic OH excluding ortho intramolecular Hbond substituents is 1. The third-order valence-electron chi connectivity index (χ3n) is 5.62. The SMILES string of the molecule is COc1cc(O)c(-c2nnc(C(=O)NC(C)C)n2-c2ccc(Cn3ccnc3)cc2)cc1C(C)C. The minimum atomic E-state index is -0.349. The summed E-state index contributed by atoms with van der Waals surface area (Å²) in [7, 11) is 1.57. The van der Waals surface area contributed by atoms with Gasteiger partial charge >= 0.3 is 0 Å². The summed E-state index contributed by atoms with van der Waals surface area (Å²) in [5, 5.41) is 22.3. The number of aromatic hydroxyl groups is 1. The zero-order valence-electron chi connectivity index (χ0n) is 20.6. The van der Waals surface area contributed by atoms with Gasteiger partial charge in [-0.15, -0.1) is 10.2 Å². The monoisotopic (exact) mass is 474 g/mol. The Bertz CT molecular complexity index is 1310. The predicted octanol–water partition coefficient (Wildman–Crippen LogP) is 4.15. The molecule has 2 heterocycles. The average Bonchev–Trinajstić information content (AvgIpc) is 3.49. The molecular weight excluding hydrogens is 444 g/mol. The lowest BCUT2D eigenvalue weighted by Gasteiger charge is -2.16. The summed E-state index contributed by atoms with van der Waals surface area (Å²) in [5.41, 5.74) is 3.16. The van der Waals surface area contributed by atoms with Crippen LogP contribution in [0.15, 0.2) is 55.1 Å². The van der Waals surface area contributed by atoms with Crippen molar-refractivity contribution in [3.63, 3.8) is 0 Å². The molecule has 9 heteroatoms. The lowest BCUT2D eigenvalue weighted by atomic mass is 9.98. The Labute approximate surface area is 204 Å². The number of nitrogens with zero attached hydrogens (tertiary/aromatic N) is 5. The van der Waals surface area contributed by atoms with Gasteiger partial charge in [0.2, 0.25) is 5.82 Å². The second-order valence-electron chi connectivity index (χ2n) is 8.98. The molecule has 2 aromatic heterocycles. The van der Waals surface area contributed by atoms with E-state index in [9.17, 15) is 9.90 Å². The van der Waals surface area contributed by atoms with Gasteiger partial charge in [-0.05, 0) is 49.1 Å². The number of phenols is 1. The Morgan fingerprint density at radius 2 is 1.86 bits per heavy atom. The van der Waals surface area contributed by atoms with Crippen molar-refractivity contribution in [3.05, 3.63) is 72.1 Å². The molecule has 0 spiro atoms. The fourth-order valence-corrected chi connectivity index (χ4v) is 3.91. The van der Waals surface area contributed by atoms with E-state index >= 15 is 0 Å². The normalized spacial score (nSPS) is 11.3. The molecule has 0 aliphatic heterocycles. The minimum Gasteiger partial charge on any atom is -0.507 e. The van der Waals surface area contributed by atoms with Crippen molar-refractivity contribution >= 4 is 5.91 Å². The smallest absolute Gasteiger partial charge is 0.289 e. The zero-order chi connectivity index (χ0) is 25.1. The highest BCUT2D eigenvalue weighted by Gasteiger charge is 2.25. The van der Waals surface area contributed by atoms with Gasteiger partial charge < -0.3 is 19.7 Å². The van der Waals surface area contributed by atoms with E-state index in [1.54, 1.807) is 30.3 Å². The standard InChI is InChI=1S/C26H30N6O3/c1-16(2)20-12-21(22(33)13-23(20)35-5)24-29-30-25(26(34)28-17(3)4)32(24)19-8-6-18(7-9-19)14-31-11-10-27-15-31/h6-13,15-17,33H,14H2,1-5H3,(H,28,34). The summed E-state index contributed by atoms with van der Waals surface area (Å²) < 4.78 is 9.11.